The Hall–Kier alpha value is -1.54. The third kappa shape index (κ3) is 3.75. The van der Waals surface area contributed by atoms with Gasteiger partial charge in [0.2, 0.25) is 0 Å². The highest BCUT2D eigenvalue weighted by Gasteiger charge is 2.05. The lowest BCUT2D eigenvalue weighted by molar-refractivity contribution is 0.429. The SMILES string of the molecule is C[C@H](NCCCc1ccccc1)c1ccco1. The molecule has 1 heterocycles. The van der Waals surface area contributed by atoms with E-state index in [0.717, 1.165) is 25.1 Å². The van der Waals surface area contributed by atoms with Crippen LogP contribution in [0.2, 0.25) is 0 Å². The molecule has 90 valence electrons. The lowest BCUT2D eigenvalue weighted by Gasteiger charge is -2.10. The summed E-state index contributed by atoms with van der Waals surface area (Å²) < 4.78 is 5.35. The molecule has 0 aliphatic rings. The molecule has 0 aliphatic heterocycles. The van der Waals surface area contributed by atoms with Gasteiger partial charge in [0.15, 0.2) is 0 Å². The zero-order valence-electron chi connectivity index (χ0n) is 10.2. The summed E-state index contributed by atoms with van der Waals surface area (Å²) in [6, 6.07) is 14.8. The summed E-state index contributed by atoms with van der Waals surface area (Å²) in [5.74, 6) is 1.00. The van der Waals surface area contributed by atoms with Gasteiger partial charge in [0.05, 0.1) is 12.3 Å². The first kappa shape index (κ1) is 11.9. The molecule has 1 N–H and O–H groups in total. The van der Waals surface area contributed by atoms with Gasteiger partial charge in [0.25, 0.3) is 0 Å². The predicted octanol–water partition coefficient (Wildman–Crippen LogP) is 3.56. The fourth-order valence-corrected chi connectivity index (χ4v) is 1.89. The summed E-state index contributed by atoms with van der Waals surface area (Å²) in [4.78, 5) is 0. The van der Waals surface area contributed by atoms with Crippen LogP contribution < -0.4 is 5.32 Å². The lowest BCUT2D eigenvalue weighted by atomic mass is 10.1. The standard InChI is InChI=1S/C15H19NO/c1-13(15-10-6-12-17-15)16-11-5-9-14-7-3-2-4-8-14/h2-4,6-8,10,12-13,16H,5,9,11H2,1H3/t13-/m0/s1. The Morgan fingerprint density at radius 1 is 1.12 bits per heavy atom. The van der Waals surface area contributed by atoms with Crippen LogP contribution in [0.25, 0.3) is 0 Å². The van der Waals surface area contributed by atoms with Gasteiger partial charge in [-0.3, -0.25) is 0 Å². The molecule has 1 aromatic heterocycles. The van der Waals surface area contributed by atoms with Crippen molar-refractivity contribution >= 4 is 0 Å². The van der Waals surface area contributed by atoms with Crippen LogP contribution in [0.1, 0.15) is 30.7 Å². The van der Waals surface area contributed by atoms with Crippen molar-refractivity contribution in [2.45, 2.75) is 25.8 Å². The predicted molar refractivity (Wildman–Crippen MR) is 69.9 cm³/mol. The number of hydrogen-bond donors (Lipinski definition) is 1. The van der Waals surface area contributed by atoms with Crippen LogP contribution in [0.5, 0.6) is 0 Å². The summed E-state index contributed by atoms with van der Waals surface area (Å²) in [7, 11) is 0. The zero-order valence-corrected chi connectivity index (χ0v) is 10.2. The van der Waals surface area contributed by atoms with E-state index < -0.39 is 0 Å². The van der Waals surface area contributed by atoms with Gasteiger partial charge in [-0.25, -0.2) is 0 Å². The molecule has 1 atom stereocenters. The molecule has 0 amide bonds. The van der Waals surface area contributed by atoms with Gasteiger partial charge in [-0.05, 0) is 44.0 Å². The molecule has 2 heteroatoms. The quantitative estimate of drug-likeness (QED) is 0.766. The van der Waals surface area contributed by atoms with Gasteiger partial charge in [0, 0.05) is 0 Å². The van der Waals surface area contributed by atoms with Crippen LogP contribution in [0.15, 0.2) is 53.1 Å². The van der Waals surface area contributed by atoms with Crippen molar-refractivity contribution in [3.05, 3.63) is 60.1 Å². The molecule has 1 aromatic carbocycles. The first-order chi connectivity index (χ1) is 8.36. The molecule has 0 unspecified atom stereocenters. The number of hydrogen-bond acceptors (Lipinski definition) is 2. The molecule has 2 rings (SSSR count). The summed E-state index contributed by atoms with van der Waals surface area (Å²) in [6.07, 6.45) is 3.99. The van der Waals surface area contributed by atoms with Crippen molar-refractivity contribution in [3.63, 3.8) is 0 Å². The molecule has 0 aliphatic carbocycles. The van der Waals surface area contributed by atoms with Gasteiger partial charge in [-0.1, -0.05) is 30.3 Å². The molecule has 0 spiro atoms. The summed E-state index contributed by atoms with van der Waals surface area (Å²) in [5, 5.41) is 3.46. The fourth-order valence-electron chi connectivity index (χ4n) is 1.89. The summed E-state index contributed by atoms with van der Waals surface area (Å²) >= 11 is 0. The lowest BCUT2D eigenvalue weighted by Crippen LogP contribution is -2.19. The highest BCUT2D eigenvalue weighted by Crippen LogP contribution is 2.12. The molecule has 2 nitrogen and oxygen atoms in total. The second kappa shape index (κ2) is 6.26. The molecule has 0 fully saturated rings. The minimum atomic E-state index is 0.292. The third-order valence-corrected chi connectivity index (χ3v) is 2.91. The minimum absolute atomic E-state index is 0.292. The molecule has 0 radical (unpaired) electrons. The van der Waals surface area contributed by atoms with E-state index >= 15 is 0 Å². The average Bonchev–Trinajstić information content (AvgIpc) is 2.89. The Morgan fingerprint density at radius 2 is 1.94 bits per heavy atom. The molecular weight excluding hydrogens is 210 g/mol. The Kier molecular flexibility index (Phi) is 4.39. The summed E-state index contributed by atoms with van der Waals surface area (Å²) in [5.41, 5.74) is 1.40. The zero-order chi connectivity index (χ0) is 11.9. The number of nitrogens with one attached hydrogen (secondary N) is 1. The van der Waals surface area contributed by atoms with Gasteiger partial charge < -0.3 is 9.73 Å². The topological polar surface area (TPSA) is 25.2 Å². The van der Waals surface area contributed by atoms with Crippen LogP contribution in [0, 0.1) is 0 Å². The van der Waals surface area contributed by atoms with E-state index in [9.17, 15) is 0 Å². The maximum Gasteiger partial charge on any atom is 0.120 e. The molecule has 0 saturated carbocycles. The number of furan rings is 1. The van der Waals surface area contributed by atoms with Gasteiger partial charge in [-0.15, -0.1) is 0 Å². The number of rotatable bonds is 6. The molecular formula is C15H19NO. The van der Waals surface area contributed by atoms with Crippen molar-refractivity contribution in [2.75, 3.05) is 6.54 Å². The Balaban J connectivity index is 1.67. The van der Waals surface area contributed by atoms with E-state index in [1.807, 2.05) is 12.1 Å². The van der Waals surface area contributed by atoms with Crippen LogP contribution >= 0.6 is 0 Å². The van der Waals surface area contributed by atoms with Gasteiger partial charge >= 0.3 is 0 Å². The molecule has 2 aromatic rings. The largest absolute Gasteiger partial charge is 0.468 e. The third-order valence-electron chi connectivity index (χ3n) is 2.91. The summed E-state index contributed by atoms with van der Waals surface area (Å²) in [6.45, 7) is 3.14. The monoisotopic (exact) mass is 229 g/mol. The smallest absolute Gasteiger partial charge is 0.120 e. The number of benzene rings is 1. The van der Waals surface area contributed by atoms with Gasteiger partial charge in [0.1, 0.15) is 5.76 Å². The molecule has 0 saturated heterocycles. The molecule has 0 bridgehead atoms. The van der Waals surface area contributed by atoms with E-state index in [2.05, 4.69) is 42.6 Å². The van der Waals surface area contributed by atoms with Crippen LogP contribution in [-0.4, -0.2) is 6.54 Å². The van der Waals surface area contributed by atoms with Crippen molar-refractivity contribution in [1.82, 2.24) is 5.32 Å². The Labute approximate surface area is 103 Å². The normalized spacial score (nSPS) is 12.5. The van der Waals surface area contributed by atoms with E-state index in [4.69, 9.17) is 4.42 Å². The van der Waals surface area contributed by atoms with E-state index in [1.165, 1.54) is 5.56 Å². The first-order valence-electron chi connectivity index (χ1n) is 6.17. The van der Waals surface area contributed by atoms with Crippen LogP contribution in [0.4, 0.5) is 0 Å². The maximum atomic E-state index is 5.35. The number of aryl methyl sites for hydroxylation is 1. The van der Waals surface area contributed by atoms with Crippen molar-refractivity contribution in [3.8, 4) is 0 Å². The minimum Gasteiger partial charge on any atom is -0.468 e. The molecule has 17 heavy (non-hydrogen) atoms. The van der Waals surface area contributed by atoms with Crippen LogP contribution in [-0.2, 0) is 6.42 Å². The fraction of sp³-hybridized carbons (Fsp3) is 0.333. The highest BCUT2D eigenvalue weighted by atomic mass is 16.3. The first-order valence-corrected chi connectivity index (χ1v) is 6.17. The Morgan fingerprint density at radius 3 is 2.65 bits per heavy atom. The van der Waals surface area contributed by atoms with Crippen molar-refractivity contribution < 1.29 is 4.42 Å². The maximum absolute atomic E-state index is 5.35. The van der Waals surface area contributed by atoms with Gasteiger partial charge in [-0.2, -0.15) is 0 Å². The van der Waals surface area contributed by atoms with E-state index in [-0.39, 0.29) is 0 Å². The average molecular weight is 229 g/mol. The second-order valence-corrected chi connectivity index (χ2v) is 4.28. The van der Waals surface area contributed by atoms with Crippen molar-refractivity contribution in [2.24, 2.45) is 0 Å². The second-order valence-electron chi connectivity index (χ2n) is 4.28. The van der Waals surface area contributed by atoms with E-state index in [1.54, 1.807) is 6.26 Å². The van der Waals surface area contributed by atoms with Crippen molar-refractivity contribution in [1.29, 1.82) is 0 Å². The van der Waals surface area contributed by atoms with Crippen LogP contribution in [0.3, 0.4) is 0 Å². The highest BCUT2D eigenvalue weighted by molar-refractivity contribution is 5.14. The Bertz CT molecular complexity index is 408. The van der Waals surface area contributed by atoms with E-state index in [0.29, 0.717) is 6.04 Å².